The van der Waals surface area contributed by atoms with E-state index in [0.29, 0.717) is 12.1 Å². The zero-order valence-electron chi connectivity index (χ0n) is 9.57. The third-order valence-electron chi connectivity index (χ3n) is 2.21. The number of hydrogen-bond acceptors (Lipinski definition) is 3. The van der Waals surface area contributed by atoms with Gasteiger partial charge in [0.25, 0.3) is 11.6 Å². The van der Waals surface area contributed by atoms with Crippen molar-refractivity contribution in [2.24, 2.45) is 0 Å². The van der Waals surface area contributed by atoms with Gasteiger partial charge in [0.05, 0.1) is 4.92 Å². The zero-order valence-corrected chi connectivity index (χ0v) is 10.3. The van der Waals surface area contributed by atoms with E-state index in [0.717, 1.165) is 0 Å². The van der Waals surface area contributed by atoms with Crippen molar-refractivity contribution in [3.63, 3.8) is 0 Å². The van der Waals surface area contributed by atoms with Gasteiger partial charge in [-0.1, -0.05) is 6.07 Å². The Hall–Kier alpha value is -1.62. The Morgan fingerprint density at radius 1 is 1.59 bits per heavy atom. The second-order valence-electron chi connectivity index (χ2n) is 3.75. The summed E-state index contributed by atoms with van der Waals surface area (Å²) in [7, 11) is 0. The average molecular weight is 257 g/mol. The number of amides is 1. The fourth-order valence-corrected chi connectivity index (χ4v) is 1.36. The minimum atomic E-state index is -0.504. The molecule has 1 N–H and O–H groups in total. The molecule has 1 aromatic rings. The molecule has 0 bridgehead atoms. The summed E-state index contributed by atoms with van der Waals surface area (Å²) in [5, 5.41) is 13.1. The van der Waals surface area contributed by atoms with E-state index in [-0.39, 0.29) is 22.5 Å². The van der Waals surface area contributed by atoms with Crippen LogP contribution in [0.2, 0.25) is 0 Å². The molecule has 92 valence electrons. The maximum Gasteiger partial charge on any atom is 0.273 e. The number of benzene rings is 1. The number of nitro benzene ring substituents is 1. The molecule has 1 unspecified atom stereocenters. The van der Waals surface area contributed by atoms with Gasteiger partial charge in [0.2, 0.25) is 0 Å². The van der Waals surface area contributed by atoms with Crippen LogP contribution >= 0.6 is 11.6 Å². The highest BCUT2D eigenvalue weighted by molar-refractivity contribution is 6.20. The van der Waals surface area contributed by atoms with Gasteiger partial charge in [0.1, 0.15) is 0 Å². The Bertz CT molecular complexity index is 446. The molecule has 5 nitrogen and oxygen atoms in total. The smallest absolute Gasteiger partial charge is 0.273 e. The van der Waals surface area contributed by atoms with E-state index in [2.05, 4.69) is 5.32 Å². The highest BCUT2D eigenvalue weighted by Crippen LogP contribution is 2.19. The van der Waals surface area contributed by atoms with Crippen LogP contribution in [0.5, 0.6) is 0 Å². The van der Waals surface area contributed by atoms with Gasteiger partial charge in [-0.25, -0.2) is 0 Å². The molecule has 0 saturated heterocycles. The van der Waals surface area contributed by atoms with Crippen molar-refractivity contribution in [3.05, 3.63) is 39.4 Å². The molecule has 1 amide bonds. The fraction of sp³-hybridized carbons (Fsp3) is 0.364. The minimum Gasteiger partial charge on any atom is -0.351 e. The van der Waals surface area contributed by atoms with Gasteiger partial charge < -0.3 is 5.32 Å². The Labute approximate surface area is 104 Å². The lowest BCUT2D eigenvalue weighted by atomic mass is 10.1. The first-order chi connectivity index (χ1) is 7.91. The lowest BCUT2D eigenvalue weighted by Crippen LogP contribution is -2.28. The van der Waals surface area contributed by atoms with E-state index in [1.165, 1.54) is 6.07 Å². The maximum atomic E-state index is 11.6. The molecule has 0 aliphatic rings. The summed E-state index contributed by atoms with van der Waals surface area (Å²) in [5.74, 6) is -0.361. The van der Waals surface area contributed by atoms with E-state index in [9.17, 15) is 14.9 Å². The molecule has 0 fully saturated rings. The largest absolute Gasteiger partial charge is 0.351 e. The number of carbonyl (C=O) groups excluding carboxylic acids is 1. The van der Waals surface area contributed by atoms with Crippen LogP contribution in [-0.4, -0.2) is 22.8 Å². The number of nitro groups is 1. The summed E-state index contributed by atoms with van der Waals surface area (Å²) >= 11 is 5.69. The molecule has 1 rings (SSSR count). The molecule has 0 aromatic heterocycles. The summed E-state index contributed by atoms with van der Waals surface area (Å²) in [6.45, 7) is 3.70. The monoisotopic (exact) mass is 256 g/mol. The molecule has 17 heavy (non-hydrogen) atoms. The number of aryl methyl sites for hydroxylation is 1. The van der Waals surface area contributed by atoms with Gasteiger partial charge in [-0.2, -0.15) is 0 Å². The van der Waals surface area contributed by atoms with Gasteiger partial charge in [-0.3, -0.25) is 14.9 Å². The second kappa shape index (κ2) is 5.63. The first-order valence-corrected chi connectivity index (χ1v) is 5.52. The topological polar surface area (TPSA) is 72.2 Å². The molecule has 0 heterocycles. The number of halogens is 1. The maximum absolute atomic E-state index is 11.6. The Kier molecular flexibility index (Phi) is 4.45. The van der Waals surface area contributed by atoms with Crippen molar-refractivity contribution in [2.75, 3.05) is 6.54 Å². The van der Waals surface area contributed by atoms with Crippen LogP contribution in [-0.2, 0) is 0 Å². The van der Waals surface area contributed by atoms with Crippen LogP contribution < -0.4 is 5.32 Å². The van der Waals surface area contributed by atoms with E-state index < -0.39 is 4.92 Å². The Morgan fingerprint density at radius 3 is 2.76 bits per heavy atom. The summed E-state index contributed by atoms with van der Waals surface area (Å²) < 4.78 is 0. The van der Waals surface area contributed by atoms with E-state index in [1.807, 2.05) is 0 Å². The third-order valence-corrected chi connectivity index (χ3v) is 2.37. The van der Waals surface area contributed by atoms with Gasteiger partial charge in [0.15, 0.2) is 0 Å². The number of nitrogens with zero attached hydrogens (tertiary/aromatic N) is 1. The van der Waals surface area contributed by atoms with Gasteiger partial charge in [-0.15, -0.1) is 11.6 Å². The van der Waals surface area contributed by atoms with Gasteiger partial charge in [0, 0.05) is 29.1 Å². The Morgan fingerprint density at radius 2 is 2.24 bits per heavy atom. The molecule has 0 radical (unpaired) electrons. The summed E-state index contributed by atoms with van der Waals surface area (Å²) in [6.07, 6.45) is 0. The van der Waals surface area contributed by atoms with E-state index in [1.54, 1.807) is 26.0 Å². The predicted octanol–water partition coefficient (Wildman–Crippen LogP) is 2.26. The number of hydrogen-bond donors (Lipinski definition) is 1. The van der Waals surface area contributed by atoms with Crippen molar-refractivity contribution in [3.8, 4) is 0 Å². The lowest BCUT2D eigenvalue weighted by molar-refractivity contribution is -0.385. The normalized spacial score (nSPS) is 11.9. The van der Waals surface area contributed by atoms with Crippen molar-refractivity contribution < 1.29 is 9.72 Å². The number of rotatable bonds is 4. The van der Waals surface area contributed by atoms with Gasteiger partial charge >= 0.3 is 0 Å². The highest BCUT2D eigenvalue weighted by Gasteiger charge is 2.14. The van der Waals surface area contributed by atoms with Crippen LogP contribution in [0.25, 0.3) is 0 Å². The van der Waals surface area contributed by atoms with E-state index >= 15 is 0 Å². The quantitative estimate of drug-likeness (QED) is 0.510. The molecule has 6 heteroatoms. The first kappa shape index (κ1) is 13.4. The van der Waals surface area contributed by atoms with Crippen molar-refractivity contribution in [2.45, 2.75) is 19.2 Å². The summed E-state index contributed by atoms with van der Waals surface area (Å²) in [4.78, 5) is 21.9. The third kappa shape index (κ3) is 3.71. The summed E-state index contributed by atoms with van der Waals surface area (Å²) in [6, 6.07) is 4.37. The zero-order chi connectivity index (χ0) is 13.0. The Balaban J connectivity index is 2.88. The number of alkyl halides is 1. The SMILES string of the molecule is Cc1ccc(C(=O)NCC(C)Cl)cc1[N+](=O)[O-]. The molecular weight excluding hydrogens is 244 g/mol. The molecular formula is C11H13ClN2O3. The number of nitrogens with one attached hydrogen (secondary N) is 1. The highest BCUT2D eigenvalue weighted by atomic mass is 35.5. The summed E-state index contributed by atoms with van der Waals surface area (Å²) in [5.41, 5.74) is 0.730. The molecule has 1 atom stereocenters. The van der Waals surface area contributed by atoms with Gasteiger partial charge in [-0.05, 0) is 19.9 Å². The van der Waals surface area contributed by atoms with Crippen LogP contribution in [0.15, 0.2) is 18.2 Å². The molecule has 0 aliphatic heterocycles. The van der Waals surface area contributed by atoms with Crippen LogP contribution in [0.1, 0.15) is 22.8 Å². The predicted molar refractivity (Wildman–Crippen MR) is 65.5 cm³/mol. The number of carbonyl (C=O) groups is 1. The van der Waals surface area contributed by atoms with Crippen LogP contribution in [0.4, 0.5) is 5.69 Å². The van der Waals surface area contributed by atoms with Crippen molar-refractivity contribution in [1.29, 1.82) is 0 Å². The van der Waals surface area contributed by atoms with Crippen LogP contribution in [0, 0.1) is 17.0 Å². The standard InChI is InChI=1S/C11H13ClN2O3/c1-7-3-4-9(5-10(7)14(16)17)11(15)13-6-8(2)12/h3-5,8H,6H2,1-2H3,(H,13,15). The fourth-order valence-electron chi connectivity index (χ4n) is 1.28. The minimum absolute atomic E-state index is 0.0587. The molecule has 0 saturated carbocycles. The second-order valence-corrected chi connectivity index (χ2v) is 4.49. The average Bonchev–Trinajstić information content (AvgIpc) is 2.26. The lowest BCUT2D eigenvalue weighted by Gasteiger charge is -2.06. The first-order valence-electron chi connectivity index (χ1n) is 5.09. The van der Waals surface area contributed by atoms with Crippen molar-refractivity contribution in [1.82, 2.24) is 5.32 Å². The molecule has 0 spiro atoms. The van der Waals surface area contributed by atoms with E-state index in [4.69, 9.17) is 11.6 Å². The van der Waals surface area contributed by atoms with Crippen LogP contribution in [0.3, 0.4) is 0 Å². The molecule has 1 aromatic carbocycles. The molecule has 0 aliphatic carbocycles. The van der Waals surface area contributed by atoms with Crippen molar-refractivity contribution >= 4 is 23.2 Å².